The van der Waals surface area contributed by atoms with Crippen molar-refractivity contribution in [3.8, 4) is 0 Å². The molecule has 168 valence electrons. The molecule has 3 aromatic carbocycles. The van der Waals surface area contributed by atoms with Crippen molar-refractivity contribution < 1.29 is 23.5 Å². The smallest absolute Gasteiger partial charge is 0.338 e. The van der Waals surface area contributed by atoms with Crippen molar-refractivity contribution in [2.24, 2.45) is 0 Å². The van der Waals surface area contributed by atoms with Crippen LogP contribution in [0, 0.1) is 5.82 Å². The molecule has 33 heavy (non-hydrogen) atoms. The highest BCUT2D eigenvalue weighted by Gasteiger charge is 2.28. The van der Waals surface area contributed by atoms with Crippen molar-refractivity contribution in [3.05, 3.63) is 89.2 Å². The maximum atomic E-state index is 13.6. The van der Waals surface area contributed by atoms with Crippen molar-refractivity contribution in [2.75, 3.05) is 18.1 Å². The second-order valence-electron chi connectivity index (χ2n) is 8.03. The van der Waals surface area contributed by atoms with Crippen LogP contribution in [0.2, 0.25) is 0 Å². The number of hydrogen-bond donors (Lipinski definition) is 0. The van der Waals surface area contributed by atoms with Gasteiger partial charge in [0.25, 0.3) is 5.91 Å². The lowest BCUT2D eigenvalue weighted by atomic mass is 10.1. The Hall–Kier alpha value is -3.16. The lowest BCUT2D eigenvalue weighted by Crippen LogP contribution is -2.30. The lowest BCUT2D eigenvalue weighted by molar-refractivity contribution is 0.0161. The SMILES string of the molecule is O=C(OC[C@@H]1CCCO1)c1ccc2c(c1)N(Cc1ccc(F)cc1)C(=O)c1ccccc1S2. The molecule has 1 fully saturated rings. The zero-order chi connectivity index (χ0) is 22.8. The quantitative estimate of drug-likeness (QED) is 0.470. The average Bonchev–Trinajstić information content (AvgIpc) is 3.33. The minimum atomic E-state index is -0.450. The minimum Gasteiger partial charge on any atom is -0.459 e. The molecule has 2 aliphatic rings. The van der Waals surface area contributed by atoms with Crippen LogP contribution < -0.4 is 4.90 Å². The van der Waals surface area contributed by atoms with Gasteiger partial charge in [-0.3, -0.25) is 4.79 Å². The van der Waals surface area contributed by atoms with E-state index in [1.165, 1.54) is 23.9 Å². The van der Waals surface area contributed by atoms with Gasteiger partial charge in [-0.1, -0.05) is 36.0 Å². The third-order valence-electron chi connectivity index (χ3n) is 5.75. The first kappa shape index (κ1) is 21.7. The molecule has 1 saturated heterocycles. The van der Waals surface area contributed by atoms with Gasteiger partial charge in [0.05, 0.1) is 29.5 Å². The molecule has 1 atom stereocenters. The fourth-order valence-electron chi connectivity index (χ4n) is 4.00. The van der Waals surface area contributed by atoms with Crippen LogP contribution >= 0.6 is 11.8 Å². The number of halogens is 1. The van der Waals surface area contributed by atoms with E-state index in [2.05, 4.69) is 0 Å². The fourth-order valence-corrected chi connectivity index (χ4v) is 5.06. The molecule has 5 rings (SSSR count). The average molecular weight is 464 g/mol. The first-order chi connectivity index (χ1) is 16.1. The number of carbonyl (C=O) groups is 2. The second-order valence-corrected chi connectivity index (χ2v) is 9.12. The van der Waals surface area contributed by atoms with Crippen molar-refractivity contribution in [2.45, 2.75) is 35.3 Å². The van der Waals surface area contributed by atoms with Crippen LogP contribution in [0.1, 0.15) is 39.1 Å². The van der Waals surface area contributed by atoms with E-state index < -0.39 is 5.97 Å². The third kappa shape index (κ3) is 4.65. The van der Waals surface area contributed by atoms with Gasteiger partial charge in [-0.25, -0.2) is 9.18 Å². The highest BCUT2D eigenvalue weighted by Crippen LogP contribution is 2.42. The summed E-state index contributed by atoms with van der Waals surface area (Å²) in [6.07, 6.45) is 1.79. The van der Waals surface area contributed by atoms with Crippen LogP contribution in [0.4, 0.5) is 10.1 Å². The molecule has 1 amide bonds. The Morgan fingerprint density at radius 2 is 1.91 bits per heavy atom. The number of fused-ring (bicyclic) bond motifs is 2. The van der Waals surface area contributed by atoms with E-state index >= 15 is 0 Å². The highest BCUT2D eigenvalue weighted by molar-refractivity contribution is 7.99. The molecule has 0 bridgehead atoms. The van der Waals surface area contributed by atoms with Crippen LogP contribution in [0.15, 0.2) is 76.5 Å². The van der Waals surface area contributed by atoms with E-state index in [0.29, 0.717) is 23.4 Å². The molecule has 0 unspecified atom stereocenters. The van der Waals surface area contributed by atoms with Gasteiger partial charge in [0, 0.05) is 16.4 Å². The van der Waals surface area contributed by atoms with Gasteiger partial charge in [-0.2, -0.15) is 0 Å². The van der Waals surface area contributed by atoms with Gasteiger partial charge >= 0.3 is 5.97 Å². The predicted molar refractivity (Wildman–Crippen MR) is 123 cm³/mol. The number of nitrogens with zero attached hydrogens (tertiary/aromatic N) is 1. The molecule has 0 spiro atoms. The van der Waals surface area contributed by atoms with Gasteiger partial charge in [-0.15, -0.1) is 0 Å². The summed E-state index contributed by atoms with van der Waals surface area (Å²) in [5.41, 5.74) is 2.36. The van der Waals surface area contributed by atoms with E-state index in [1.807, 2.05) is 24.3 Å². The fraction of sp³-hybridized carbons (Fsp3) is 0.231. The molecular weight excluding hydrogens is 441 g/mol. The number of amides is 1. The Balaban J connectivity index is 1.49. The summed E-state index contributed by atoms with van der Waals surface area (Å²) in [7, 11) is 0. The van der Waals surface area contributed by atoms with Gasteiger partial charge in [0.15, 0.2) is 0 Å². The Morgan fingerprint density at radius 1 is 1.09 bits per heavy atom. The summed E-state index contributed by atoms with van der Waals surface area (Å²) in [4.78, 5) is 29.6. The van der Waals surface area contributed by atoms with Gasteiger partial charge in [0.1, 0.15) is 12.4 Å². The monoisotopic (exact) mass is 463 g/mol. The van der Waals surface area contributed by atoms with Crippen molar-refractivity contribution in [1.82, 2.24) is 0 Å². The summed E-state index contributed by atoms with van der Waals surface area (Å²) in [5, 5.41) is 0. The summed E-state index contributed by atoms with van der Waals surface area (Å²) in [5.74, 6) is -0.959. The number of benzene rings is 3. The Kier molecular flexibility index (Phi) is 6.15. The van der Waals surface area contributed by atoms with Crippen LogP contribution in [0.3, 0.4) is 0 Å². The molecule has 0 aromatic heterocycles. The van der Waals surface area contributed by atoms with E-state index in [1.54, 1.807) is 35.2 Å². The number of anilines is 1. The standard InChI is InChI=1S/C26H22FNO4S/c27-19-10-7-17(8-11-19)15-28-22-14-18(26(30)32-16-20-4-3-13-31-20)9-12-24(22)33-23-6-2-1-5-21(23)25(28)29/h1-2,5-12,14,20H,3-4,13,15-16H2/t20-/m0/s1. The number of carbonyl (C=O) groups excluding carboxylic acids is 2. The predicted octanol–water partition coefficient (Wildman–Crippen LogP) is 5.47. The van der Waals surface area contributed by atoms with Gasteiger partial charge in [-0.05, 0) is 60.9 Å². The van der Waals surface area contributed by atoms with Crippen molar-refractivity contribution >= 4 is 29.3 Å². The number of esters is 1. The molecular formula is C26H22FNO4S. The Bertz CT molecular complexity index is 1190. The Morgan fingerprint density at radius 3 is 2.70 bits per heavy atom. The molecule has 0 radical (unpaired) electrons. The maximum Gasteiger partial charge on any atom is 0.338 e. The highest BCUT2D eigenvalue weighted by atomic mass is 32.2. The van der Waals surface area contributed by atoms with Crippen LogP contribution in [0.25, 0.3) is 0 Å². The molecule has 0 N–H and O–H groups in total. The van der Waals surface area contributed by atoms with Crippen molar-refractivity contribution in [1.29, 1.82) is 0 Å². The molecule has 5 nitrogen and oxygen atoms in total. The number of hydrogen-bond acceptors (Lipinski definition) is 5. The van der Waals surface area contributed by atoms with E-state index in [9.17, 15) is 14.0 Å². The molecule has 0 aliphatic carbocycles. The summed E-state index contributed by atoms with van der Waals surface area (Å²) in [6.45, 7) is 1.16. The van der Waals surface area contributed by atoms with Gasteiger partial charge < -0.3 is 14.4 Å². The van der Waals surface area contributed by atoms with Gasteiger partial charge in [0.2, 0.25) is 0 Å². The zero-order valence-corrected chi connectivity index (χ0v) is 18.6. The van der Waals surface area contributed by atoms with E-state index in [-0.39, 0.29) is 31.0 Å². The zero-order valence-electron chi connectivity index (χ0n) is 17.8. The van der Waals surface area contributed by atoms with E-state index in [4.69, 9.17) is 9.47 Å². The summed E-state index contributed by atoms with van der Waals surface area (Å²) < 4.78 is 24.4. The second kappa shape index (κ2) is 9.37. The number of ether oxygens (including phenoxy) is 2. The largest absolute Gasteiger partial charge is 0.459 e. The normalized spacial score (nSPS) is 17.3. The first-order valence-electron chi connectivity index (χ1n) is 10.8. The molecule has 2 heterocycles. The third-order valence-corrected chi connectivity index (χ3v) is 6.89. The lowest BCUT2D eigenvalue weighted by Gasteiger charge is -2.24. The topological polar surface area (TPSA) is 55.8 Å². The van der Waals surface area contributed by atoms with Crippen LogP contribution in [0.5, 0.6) is 0 Å². The molecule has 3 aromatic rings. The summed E-state index contributed by atoms with van der Waals surface area (Å²) in [6, 6.07) is 18.8. The van der Waals surface area contributed by atoms with Crippen molar-refractivity contribution in [3.63, 3.8) is 0 Å². The molecule has 7 heteroatoms. The first-order valence-corrected chi connectivity index (χ1v) is 11.7. The molecule has 0 saturated carbocycles. The van der Waals surface area contributed by atoms with E-state index in [0.717, 1.165) is 28.2 Å². The summed E-state index contributed by atoms with van der Waals surface area (Å²) >= 11 is 1.48. The van der Waals surface area contributed by atoms with Crippen LogP contribution in [-0.4, -0.2) is 31.2 Å². The molecule has 2 aliphatic heterocycles. The number of rotatable bonds is 5. The maximum absolute atomic E-state index is 13.6. The van der Waals surface area contributed by atoms with Crippen LogP contribution in [-0.2, 0) is 16.0 Å². The minimum absolute atomic E-state index is 0.0589. The Labute approximate surface area is 195 Å².